The normalized spacial score (nSPS) is 23.5. The lowest BCUT2D eigenvalue weighted by atomic mass is 9.90. The Morgan fingerprint density at radius 2 is 1.72 bits per heavy atom. The highest BCUT2D eigenvalue weighted by molar-refractivity contribution is 6.08. The van der Waals surface area contributed by atoms with Gasteiger partial charge in [0.05, 0.1) is 12.3 Å². The van der Waals surface area contributed by atoms with Crippen LogP contribution in [0, 0.1) is 11.6 Å². The second-order valence-electron chi connectivity index (χ2n) is 8.30. The molecule has 172 valence electrons. The molecule has 0 bridgehead atoms. The summed E-state index contributed by atoms with van der Waals surface area (Å²) in [6.07, 6.45) is 7.04. The number of carbonyl (C=O) groups is 2. The molecule has 2 amide bonds. The van der Waals surface area contributed by atoms with E-state index < -0.39 is 29.0 Å². The van der Waals surface area contributed by atoms with E-state index in [9.17, 15) is 18.4 Å². The zero-order valence-corrected chi connectivity index (χ0v) is 17.6. The summed E-state index contributed by atoms with van der Waals surface area (Å²) in [5, 5.41) is 15.4. The van der Waals surface area contributed by atoms with Crippen LogP contribution in [0.1, 0.15) is 59.4 Å². The van der Waals surface area contributed by atoms with Crippen LogP contribution in [0.3, 0.4) is 0 Å². The number of H-pyrrole nitrogens is 1. The molecular weight excluding hydrogens is 420 g/mol. The molecule has 1 aromatic heterocycles. The third-order valence-electron chi connectivity index (χ3n) is 5.99. The third kappa shape index (κ3) is 5.31. The molecule has 2 fully saturated rings. The second-order valence-corrected chi connectivity index (χ2v) is 8.30. The Morgan fingerprint density at radius 3 is 2.41 bits per heavy atom. The first-order valence-electron chi connectivity index (χ1n) is 10.9. The molecule has 1 aliphatic carbocycles. The van der Waals surface area contributed by atoms with Crippen molar-refractivity contribution in [3.63, 3.8) is 0 Å². The number of amides is 2. The summed E-state index contributed by atoms with van der Waals surface area (Å²) < 4.78 is 33.2. The van der Waals surface area contributed by atoms with Gasteiger partial charge in [-0.15, -0.1) is 0 Å². The number of benzene rings is 1. The molecular formula is C22H27F2N5O3. The van der Waals surface area contributed by atoms with E-state index in [-0.39, 0.29) is 17.4 Å². The molecule has 1 saturated heterocycles. The molecule has 10 heteroatoms. The maximum absolute atomic E-state index is 13.9. The monoisotopic (exact) mass is 447 g/mol. The van der Waals surface area contributed by atoms with Crippen LogP contribution in [0.15, 0.2) is 24.4 Å². The van der Waals surface area contributed by atoms with Crippen LogP contribution in [0.2, 0.25) is 0 Å². The molecule has 2 heterocycles. The smallest absolute Gasteiger partial charge is 0.274 e. The number of rotatable bonds is 6. The fourth-order valence-electron chi connectivity index (χ4n) is 4.32. The lowest BCUT2D eigenvalue weighted by Gasteiger charge is -2.33. The van der Waals surface area contributed by atoms with Crippen LogP contribution in [0.4, 0.5) is 14.5 Å². The van der Waals surface area contributed by atoms with E-state index in [4.69, 9.17) is 4.74 Å². The minimum absolute atomic E-state index is 0.00702. The molecule has 1 aromatic carbocycles. The zero-order chi connectivity index (χ0) is 22.5. The predicted octanol–water partition coefficient (Wildman–Crippen LogP) is 2.75. The molecule has 2 aromatic rings. The molecule has 32 heavy (non-hydrogen) atoms. The Morgan fingerprint density at radius 1 is 1.00 bits per heavy atom. The van der Waals surface area contributed by atoms with Gasteiger partial charge in [-0.3, -0.25) is 14.7 Å². The number of anilines is 1. The summed E-state index contributed by atoms with van der Waals surface area (Å²) in [7, 11) is 0. The fourth-order valence-corrected chi connectivity index (χ4v) is 4.32. The minimum atomic E-state index is -0.991. The standard InChI is InChI=1S/C22H27F2N5O3/c23-16-4-1-5-17(24)19(16)21(30)28-18-11-25-29-20(18)22(31)27-14-8-6-13(7-9-14)26-15-3-2-10-32-12-15/h1,4-5,11,13-15,26H,2-3,6-10,12H2,(H,25,29)(H,27,31)(H,28,30)/t13-,14+,15?. The van der Waals surface area contributed by atoms with Crippen LogP contribution < -0.4 is 16.0 Å². The number of halogens is 2. The Kier molecular flexibility index (Phi) is 7.11. The van der Waals surface area contributed by atoms with E-state index in [1.54, 1.807) is 0 Å². The van der Waals surface area contributed by atoms with Crippen LogP contribution in [0.25, 0.3) is 0 Å². The van der Waals surface area contributed by atoms with Crippen molar-refractivity contribution in [2.75, 3.05) is 18.5 Å². The Balaban J connectivity index is 1.30. The zero-order valence-electron chi connectivity index (χ0n) is 17.6. The molecule has 1 saturated carbocycles. The minimum Gasteiger partial charge on any atom is -0.380 e. The summed E-state index contributed by atoms with van der Waals surface area (Å²) >= 11 is 0. The largest absolute Gasteiger partial charge is 0.380 e. The van der Waals surface area contributed by atoms with Crippen molar-refractivity contribution in [1.82, 2.24) is 20.8 Å². The first-order chi connectivity index (χ1) is 15.5. The van der Waals surface area contributed by atoms with Crippen molar-refractivity contribution < 1.29 is 23.1 Å². The van der Waals surface area contributed by atoms with Crippen molar-refractivity contribution >= 4 is 17.5 Å². The fraction of sp³-hybridized carbons (Fsp3) is 0.500. The van der Waals surface area contributed by atoms with E-state index in [0.29, 0.717) is 12.1 Å². The van der Waals surface area contributed by atoms with Crippen LogP contribution in [-0.2, 0) is 4.74 Å². The molecule has 0 spiro atoms. The Labute approximate surface area is 184 Å². The van der Waals surface area contributed by atoms with E-state index in [2.05, 4.69) is 26.1 Å². The number of nitrogens with zero attached hydrogens (tertiary/aromatic N) is 1. The number of aromatic amines is 1. The lowest BCUT2D eigenvalue weighted by molar-refractivity contribution is 0.0634. The number of hydrogen-bond acceptors (Lipinski definition) is 5. The third-order valence-corrected chi connectivity index (χ3v) is 5.99. The molecule has 8 nitrogen and oxygen atoms in total. The van der Waals surface area contributed by atoms with Gasteiger partial charge in [-0.25, -0.2) is 8.78 Å². The van der Waals surface area contributed by atoms with Crippen molar-refractivity contribution in [3.05, 3.63) is 47.3 Å². The molecule has 4 rings (SSSR count). The van der Waals surface area contributed by atoms with Crippen LogP contribution >= 0.6 is 0 Å². The van der Waals surface area contributed by atoms with Crippen molar-refractivity contribution in [3.8, 4) is 0 Å². The summed E-state index contributed by atoms with van der Waals surface area (Å²) in [5.41, 5.74) is -0.688. The van der Waals surface area contributed by atoms with Crippen molar-refractivity contribution in [2.24, 2.45) is 0 Å². The van der Waals surface area contributed by atoms with Crippen molar-refractivity contribution in [2.45, 2.75) is 56.7 Å². The highest BCUT2D eigenvalue weighted by Gasteiger charge is 2.27. The number of nitrogens with one attached hydrogen (secondary N) is 4. The van der Waals surface area contributed by atoms with Crippen LogP contribution in [-0.4, -0.2) is 53.4 Å². The maximum Gasteiger partial charge on any atom is 0.274 e. The summed E-state index contributed by atoms with van der Waals surface area (Å²) in [6, 6.07) is 3.96. The number of hydrogen-bond donors (Lipinski definition) is 4. The van der Waals surface area contributed by atoms with Gasteiger partial charge in [0.25, 0.3) is 11.8 Å². The molecule has 0 radical (unpaired) electrons. The predicted molar refractivity (Wildman–Crippen MR) is 113 cm³/mol. The maximum atomic E-state index is 13.9. The molecule has 2 aliphatic rings. The first kappa shape index (κ1) is 22.3. The van der Waals surface area contributed by atoms with E-state index in [1.165, 1.54) is 12.3 Å². The van der Waals surface area contributed by atoms with Gasteiger partial charge in [-0.2, -0.15) is 5.10 Å². The van der Waals surface area contributed by atoms with Crippen LogP contribution in [0.5, 0.6) is 0 Å². The molecule has 1 aliphatic heterocycles. The van der Waals surface area contributed by atoms with Gasteiger partial charge >= 0.3 is 0 Å². The SMILES string of the molecule is O=C(N[C@H]1CC[C@@H](NC2CCCOC2)CC1)c1n[nH]cc1NC(=O)c1c(F)cccc1F. The highest BCUT2D eigenvalue weighted by Crippen LogP contribution is 2.22. The average Bonchev–Trinajstić information content (AvgIpc) is 3.24. The van der Waals surface area contributed by atoms with Gasteiger partial charge in [-0.1, -0.05) is 6.07 Å². The quantitative estimate of drug-likeness (QED) is 0.545. The van der Waals surface area contributed by atoms with Crippen molar-refractivity contribution in [1.29, 1.82) is 0 Å². The summed E-state index contributed by atoms with van der Waals surface area (Å²) in [6.45, 7) is 1.59. The number of aromatic nitrogens is 2. The Bertz CT molecular complexity index is 933. The average molecular weight is 447 g/mol. The highest BCUT2D eigenvalue weighted by atomic mass is 19.1. The lowest BCUT2D eigenvalue weighted by Crippen LogP contribution is -2.47. The summed E-state index contributed by atoms with van der Waals surface area (Å²) in [5.74, 6) is -3.41. The second kappa shape index (κ2) is 10.2. The Hall–Kier alpha value is -2.85. The topological polar surface area (TPSA) is 108 Å². The van der Waals surface area contributed by atoms with E-state index in [0.717, 1.165) is 63.9 Å². The van der Waals surface area contributed by atoms with E-state index >= 15 is 0 Å². The summed E-state index contributed by atoms with van der Waals surface area (Å²) in [4.78, 5) is 25.1. The van der Waals surface area contributed by atoms with E-state index in [1.807, 2.05) is 0 Å². The number of ether oxygens (including phenoxy) is 1. The van der Waals surface area contributed by atoms with Gasteiger partial charge < -0.3 is 20.7 Å². The molecule has 1 atom stereocenters. The van der Waals surface area contributed by atoms with Gasteiger partial charge in [0, 0.05) is 30.9 Å². The first-order valence-corrected chi connectivity index (χ1v) is 10.9. The number of carbonyl (C=O) groups excluding carboxylic acids is 2. The van der Waals surface area contributed by atoms with Gasteiger partial charge in [0.2, 0.25) is 0 Å². The molecule has 1 unspecified atom stereocenters. The van der Waals surface area contributed by atoms with Gasteiger partial charge in [0.15, 0.2) is 5.69 Å². The molecule has 4 N–H and O–H groups in total. The van der Waals surface area contributed by atoms with Gasteiger partial charge in [-0.05, 0) is 50.7 Å². The van der Waals surface area contributed by atoms with Gasteiger partial charge in [0.1, 0.15) is 17.2 Å².